The van der Waals surface area contributed by atoms with Crippen molar-refractivity contribution in [1.29, 1.82) is 0 Å². The summed E-state index contributed by atoms with van der Waals surface area (Å²) in [7, 11) is -3.77. The van der Waals surface area contributed by atoms with E-state index in [0.717, 1.165) is 43.2 Å². The Labute approximate surface area is 172 Å². The van der Waals surface area contributed by atoms with Crippen molar-refractivity contribution in [2.24, 2.45) is 0 Å². The van der Waals surface area contributed by atoms with E-state index in [4.69, 9.17) is 16.3 Å². The Balaban J connectivity index is 1.66. The molecule has 0 bridgehead atoms. The van der Waals surface area contributed by atoms with Gasteiger partial charge in [-0.25, -0.2) is 4.72 Å². The third-order valence-electron chi connectivity index (χ3n) is 5.27. The van der Waals surface area contributed by atoms with Crippen LogP contribution in [0.5, 0.6) is 0 Å². The number of halogens is 1. The lowest BCUT2D eigenvalue weighted by Crippen LogP contribution is -2.49. The van der Waals surface area contributed by atoms with Crippen LogP contribution in [0.3, 0.4) is 0 Å². The fourth-order valence-electron chi connectivity index (χ4n) is 3.61. The maximum Gasteiger partial charge on any atom is 0.304 e. The van der Waals surface area contributed by atoms with Crippen molar-refractivity contribution in [1.82, 2.24) is 9.03 Å². The van der Waals surface area contributed by atoms with Crippen LogP contribution in [0.2, 0.25) is 5.02 Å². The highest BCUT2D eigenvalue weighted by Gasteiger charge is 2.30. The Hall–Kier alpha value is -1.41. The standard InChI is InChI=1S/C20H27ClN2O4S/c1-14(2)13-27-17-6-3-5-15(11-17)18-8-7-16(12-19(18)21)20(24)22-28(25,26)23-9-4-10-23/h7-8,12,15,17H,1,3-6,9-11,13H2,2H3,(H,22,24). The Kier molecular flexibility index (Phi) is 6.81. The minimum absolute atomic E-state index is 0.177. The second kappa shape index (κ2) is 8.95. The first-order valence-electron chi connectivity index (χ1n) is 9.64. The number of benzene rings is 1. The van der Waals surface area contributed by atoms with Crippen LogP contribution in [0, 0.1) is 0 Å². The van der Waals surface area contributed by atoms with Gasteiger partial charge in [0.2, 0.25) is 0 Å². The molecule has 1 aromatic carbocycles. The molecule has 1 saturated heterocycles. The van der Waals surface area contributed by atoms with E-state index in [9.17, 15) is 13.2 Å². The zero-order chi connectivity index (χ0) is 20.3. The maximum absolute atomic E-state index is 12.3. The number of nitrogens with zero attached hydrogens (tertiary/aromatic N) is 1. The Morgan fingerprint density at radius 3 is 2.68 bits per heavy atom. The van der Waals surface area contributed by atoms with Crippen LogP contribution < -0.4 is 4.72 Å². The predicted octanol–water partition coefficient (Wildman–Crippen LogP) is 3.64. The molecule has 2 aliphatic rings. The van der Waals surface area contributed by atoms with Gasteiger partial charge in [-0.05, 0) is 56.2 Å². The first kappa shape index (κ1) is 21.3. The number of carbonyl (C=O) groups excluding carboxylic acids is 1. The van der Waals surface area contributed by atoms with Crippen molar-refractivity contribution in [3.63, 3.8) is 0 Å². The van der Waals surface area contributed by atoms with Gasteiger partial charge in [0.15, 0.2) is 0 Å². The monoisotopic (exact) mass is 426 g/mol. The second-order valence-corrected chi connectivity index (χ2v) is 9.76. The molecule has 1 N–H and O–H groups in total. The Morgan fingerprint density at radius 1 is 1.32 bits per heavy atom. The molecule has 0 aromatic heterocycles. The molecule has 8 heteroatoms. The highest BCUT2D eigenvalue weighted by Crippen LogP contribution is 2.38. The van der Waals surface area contributed by atoms with E-state index < -0.39 is 16.1 Å². The lowest BCUT2D eigenvalue weighted by molar-refractivity contribution is 0.0366. The molecule has 1 saturated carbocycles. The van der Waals surface area contributed by atoms with Crippen LogP contribution in [0.15, 0.2) is 30.4 Å². The predicted molar refractivity (Wildman–Crippen MR) is 110 cm³/mol. The van der Waals surface area contributed by atoms with Crippen LogP contribution >= 0.6 is 11.6 Å². The van der Waals surface area contributed by atoms with Crippen molar-refractivity contribution in [2.45, 2.75) is 51.0 Å². The summed E-state index contributed by atoms with van der Waals surface area (Å²) in [5.74, 6) is -0.398. The molecule has 1 amide bonds. The number of nitrogens with one attached hydrogen (secondary N) is 1. The van der Waals surface area contributed by atoms with Gasteiger partial charge in [-0.2, -0.15) is 12.7 Å². The summed E-state index contributed by atoms with van der Waals surface area (Å²) in [5.41, 5.74) is 2.22. The van der Waals surface area contributed by atoms with Crippen LogP contribution in [-0.2, 0) is 14.9 Å². The topological polar surface area (TPSA) is 75.7 Å². The zero-order valence-corrected chi connectivity index (χ0v) is 17.7. The molecule has 2 unspecified atom stereocenters. The molecule has 2 atom stereocenters. The van der Waals surface area contributed by atoms with E-state index in [-0.39, 0.29) is 17.6 Å². The van der Waals surface area contributed by atoms with Crippen LogP contribution in [0.4, 0.5) is 0 Å². The zero-order valence-electron chi connectivity index (χ0n) is 16.1. The van der Waals surface area contributed by atoms with Gasteiger partial charge in [-0.1, -0.05) is 36.2 Å². The van der Waals surface area contributed by atoms with Gasteiger partial charge in [0.25, 0.3) is 5.91 Å². The summed E-state index contributed by atoms with van der Waals surface area (Å²) in [6.07, 6.45) is 4.96. The minimum atomic E-state index is -3.77. The average molecular weight is 427 g/mol. The van der Waals surface area contributed by atoms with E-state index in [1.54, 1.807) is 12.1 Å². The SMILES string of the molecule is C=C(C)COC1CCCC(c2ccc(C(=O)NS(=O)(=O)N3CCC3)cc2Cl)C1. The van der Waals surface area contributed by atoms with Gasteiger partial charge in [-0.15, -0.1) is 0 Å². The highest BCUT2D eigenvalue weighted by molar-refractivity contribution is 7.87. The number of amides is 1. The molecular weight excluding hydrogens is 400 g/mol. The minimum Gasteiger partial charge on any atom is -0.374 e. The van der Waals surface area contributed by atoms with Crippen LogP contribution in [0.1, 0.15) is 60.9 Å². The molecule has 28 heavy (non-hydrogen) atoms. The molecule has 1 aliphatic carbocycles. The van der Waals surface area contributed by atoms with Crippen molar-refractivity contribution in [3.8, 4) is 0 Å². The van der Waals surface area contributed by atoms with E-state index in [1.807, 2.05) is 13.0 Å². The fraction of sp³-hybridized carbons (Fsp3) is 0.550. The number of hydrogen-bond acceptors (Lipinski definition) is 4. The largest absolute Gasteiger partial charge is 0.374 e. The second-order valence-electron chi connectivity index (χ2n) is 7.68. The van der Waals surface area contributed by atoms with Gasteiger partial charge >= 0.3 is 10.2 Å². The molecule has 154 valence electrons. The van der Waals surface area contributed by atoms with Gasteiger partial charge in [-0.3, -0.25) is 4.79 Å². The first-order chi connectivity index (χ1) is 13.3. The number of rotatable bonds is 7. The molecule has 3 rings (SSSR count). The fourth-order valence-corrected chi connectivity index (χ4v) is 5.16. The van der Waals surface area contributed by atoms with Crippen molar-refractivity contribution in [2.75, 3.05) is 19.7 Å². The van der Waals surface area contributed by atoms with Crippen molar-refractivity contribution in [3.05, 3.63) is 46.5 Å². The third kappa shape index (κ3) is 5.14. The molecule has 6 nitrogen and oxygen atoms in total. The lowest BCUT2D eigenvalue weighted by Gasteiger charge is -2.30. The van der Waals surface area contributed by atoms with Gasteiger partial charge in [0, 0.05) is 23.7 Å². The lowest BCUT2D eigenvalue weighted by atomic mass is 9.82. The Morgan fingerprint density at radius 2 is 2.07 bits per heavy atom. The third-order valence-corrected chi connectivity index (χ3v) is 7.09. The average Bonchev–Trinajstić information content (AvgIpc) is 2.57. The van der Waals surface area contributed by atoms with Crippen molar-refractivity contribution < 1.29 is 17.9 Å². The van der Waals surface area contributed by atoms with Gasteiger partial charge in [0.05, 0.1) is 12.7 Å². The summed E-state index contributed by atoms with van der Waals surface area (Å²) >= 11 is 6.46. The summed E-state index contributed by atoms with van der Waals surface area (Å²) in [6, 6.07) is 5.02. The quantitative estimate of drug-likeness (QED) is 0.675. The first-order valence-corrected chi connectivity index (χ1v) is 11.5. The van der Waals surface area contributed by atoms with Gasteiger partial charge in [0.1, 0.15) is 0 Å². The maximum atomic E-state index is 12.3. The van der Waals surface area contributed by atoms with Crippen LogP contribution in [0.25, 0.3) is 0 Å². The molecule has 0 radical (unpaired) electrons. The molecule has 1 aromatic rings. The smallest absolute Gasteiger partial charge is 0.304 e. The number of carbonyl (C=O) groups is 1. The molecule has 1 aliphatic heterocycles. The molecule has 1 heterocycles. The van der Waals surface area contributed by atoms with Crippen molar-refractivity contribution >= 4 is 27.7 Å². The number of hydrogen-bond donors (Lipinski definition) is 1. The summed E-state index contributed by atoms with van der Waals surface area (Å²) in [4.78, 5) is 12.3. The molecular formula is C20H27ClN2O4S. The molecule has 2 fully saturated rings. The van der Waals surface area contributed by atoms with Crippen LogP contribution in [-0.4, -0.2) is 44.4 Å². The van der Waals surface area contributed by atoms with E-state index in [1.165, 1.54) is 4.31 Å². The molecule has 0 spiro atoms. The summed E-state index contributed by atoms with van der Waals surface area (Å²) < 4.78 is 33.4. The Bertz CT molecular complexity index is 852. The van der Waals surface area contributed by atoms with E-state index in [0.29, 0.717) is 24.7 Å². The highest BCUT2D eigenvalue weighted by atomic mass is 35.5. The number of ether oxygens (including phenoxy) is 1. The summed E-state index contributed by atoms with van der Waals surface area (Å²) in [5, 5.41) is 0.486. The van der Waals surface area contributed by atoms with E-state index >= 15 is 0 Å². The normalized spacial score (nSPS) is 23.1. The summed E-state index contributed by atoms with van der Waals surface area (Å²) in [6.45, 7) is 7.27. The van der Waals surface area contributed by atoms with Gasteiger partial charge < -0.3 is 4.74 Å². The van der Waals surface area contributed by atoms with E-state index in [2.05, 4.69) is 11.3 Å².